The zero-order chi connectivity index (χ0) is 12.1. The molecule has 0 fully saturated rings. The second-order valence-electron chi connectivity index (χ2n) is 4.50. The fraction of sp³-hybridized carbons (Fsp3) is 0.286. The van der Waals surface area contributed by atoms with E-state index in [1.165, 1.54) is 47.5 Å². The van der Waals surface area contributed by atoms with Crippen molar-refractivity contribution in [2.75, 3.05) is 0 Å². The minimum absolute atomic E-state index is 1.25. The van der Waals surface area contributed by atoms with Gasteiger partial charge in [0, 0.05) is 15.6 Å². The molecule has 0 saturated heterocycles. The summed E-state index contributed by atoms with van der Waals surface area (Å²) in [6.45, 7) is 2.27. The number of aryl methyl sites for hydroxylation is 1. The van der Waals surface area contributed by atoms with Crippen LogP contribution in [-0.2, 0) is 6.42 Å². The summed E-state index contributed by atoms with van der Waals surface area (Å²) in [4.78, 5) is 1.57. The lowest BCUT2D eigenvalue weighted by atomic mass is 10.2. The highest BCUT2D eigenvalue weighted by molar-refractivity contribution is 7.49. The molecule has 0 unspecified atom stereocenters. The maximum absolute atomic E-state index is 2.44. The van der Waals surface area contributed by atoms with E-state index in [0.29, 0.717) is 0 Å². The molecule has 4 aromatic heterocycles. The first-order valence-corrected chi connectivity index (χ1v) is 9.50. The SMILES string of the molecule is CCCCc1cc2c(s1)sc1c3ccsc3sc21. The van der Waals surface area contributed by atoms with Gasteiger partial charge in [0.05, 0.1) is 17.4 Å². The van der Waals surface area contributed by atoms with Crippen molar-refractivity contribution >= 4 is 73.5 Å². The van der Waals surface area contributed by atoms with Gasteiger partial charge in [-0.05, 0) is 30.4 Å². The van der Waals surface area contributed by atoms with E-state index in [2.05, 4.69) is 24.4 Å². The largest absolute Gasteiger partial charge is 0.133 e. The molecular weight excluding hydrogens is 296 g/mol. The number of hydrogen-bond donors (Lipinski definition) is 0. The van der Waals surface area contributed by atoms with Crippen LogP contribution in [0.3, 0.4) is 0 Å². The smallest absolute Gasteiger partial charge is 0.0889 e. The van der Waals surface area contributed by atoms with Crippen LogP contribution in [0, 0.1) is 0 Å². The van der Waals surface area contributed by atoms with Gasteiger partial charge in [-0.3, -0.25) is 0 Å². The Kier molecular flexibility index (Phi) is 2.73. The second-order valence-corrected chi connectivity index (χ2v) is 9.11. The number of rotatable bonds is 3. The van der Waals surface area contributed by atoms with E-state index in [1.807, 2.05) is 45.3 Å². The summed E-state index contributed by atoms with van der Waals surface area (Å²) < 4.78 is 6.05. The molecule has 0 amide bonds. The normalized spacial score (nSPS) is 12.3. The highest BCUT2D eigenvalue weighted by Crippen LogP contribution is 2.48. The molecular formula is C14H12S4. The molecule has 4 aromatic rings. The summed E-state index contributed by atoms with van der Waals surface area (Å²) in [5.41, 5.74) is 0. The fourth-order valence-corrected chi connectivity index (χ4v) is 7.60. The van der Waals surface area contributed by atoms with Crippen LogP contribution >= 0.6 is 45.3 Å². The molecule has 0 radical (unpaired) electrons. The zero-order valence-corrected chi connectivity index (χ0v) is 13.3. The van der Waals surface area contributed by atoms with E-state index in [9.17, 15) is 0 Å². The van der Waals surface area contributed by atoms with Gasteiger partial charge >= 0.3 is 0 Å². The van der Waals surface area contributed by atoms with Gasteiger partial charge in [-0.2, -0.15) is 0 Å². The minimum Gasteiger partial charge on any atom is -0.133 e. The molecule has 4 heterocycles. The van der Waals surface area contributed by atoms with Gasteiger partial charge in [-0.15, -0.1) is 45.3 Å². The van der Waals surface area contributed by atoms with Gasteiger partial charge in [0.15, 0.2) is 0 Å². The third kappa shape index (κ3) is 1.59. The summed E-state index contributed by atoms with van der Waals surface area (Å²) >= 11 is 7.85. The molecule has 4 heteroatoms. The van der Waals surface area contributed by atoms with Crippen molar-refractivity contribution in [2.45, 2.75) is 26.2 Å². The zero-order valence-electron chi connectivity index (χ0n) is 9.99. The summed E-state index contributed by atoms with van der Waals surface area (Å²) in [5, 5.41) is 5.20. The molecule has 18 heavy (non-hydrogen) atoms. The van der Waals surface area contributed by atoms with Crippen LogP contribution in [0.15, 0.2) is 17.5 Å². The van der Waals surface area contributed by atoms with Crippen LogP contribution in [-0.4, -0.2) is 0 Å². The summed E-state index contributed by atoms with van der Waals surface area (Å²) in [6.07, 6.45) is 3.86. The van der Waals surface area contributed by atoms with Crippen molar-refractivity contribution in [1.82, 2.24) is 0 Å². The molecule has 0 aliphatic heterocycles. The van der Waals surface area contributed by atoms with Crippen molar-refractivity contribution in [1.29, 1.82) is 0 Å². The van der Waals surface area contributed by atoms with Gasteiger partial charge in [0.25, 0.3) is 0 Å². The topological polar surface area (TPSA) is 0 Å². The van der Waals surface area contributed by atoms with E-state index in [-0.39, 0.29) is 0 Å². The lowest BCUT2D eigenvalue weighted by molar-refractivity contribution is 0.804. The van der Waals surface area contributed by atoms with Gasteiger partial charge in [0.2, 0.25) is 0 Å². The highest BCUT2D eigenvalue weighted by Gasteiger charge is 2.14. The quantitative estimate of drug-likeness (QED) is 0.393. The maximum atomic E-state index is 2.44. The monoisotopic (exact) mass is 308 g/mol. The van der Waals surface area contributed by atoms with Crippen LogP contribution in [0.25, 0.3) is 28.2 Å². The molecule has 0 saturated carbocycles. The number of unbranched alkanes of at least 4 members (excludes halogenated alkanes) is 1. The van der Waals surface area contributed by atoms with Crippen LogP contribution < -0.4 is 0 Å². The van der Waals surface area contributed by atoms with Crippen LogP contribution in [0.2, 0.25) is 0 Å². The Labute approximate surface area is 121 Å². The maximum Gasteiger partial charge on any atom is 0.0889 e. The van der Waals surface area contributed by atoms with Crippen LogP contribution in [0.5, 0.6) is 0 Å². The molecule has 0 bridgehead atoms. The average molecular weight is 309 g/mol. The standard InChI is InChI=1S/C14H12S4/c1-2-3-4-8-7-10-12-11(18-14(10)16-8)9-5-6-15-13(9)17-12/h5-7H,2-4H2,1H3. The van der Waals surface area contributed by atoms with E-state index in [0.717, 1.165) is 0 Å². The first-order chi connectivity index (χ1) is 8.86. The summed E-state index contributed by atoms with van der Waals surface area (Å²) in [7, 11) is 0. The molecule has 0 spiro atoms. The van der Waals surface area contributed by atoms with E-state index < -0.39 is 0 Å². The predicted octanol–water partition coefficient (Wildman–Crippen LogP) is 6.73. The first kappa shape index (κ1) is 11.4. The molecule has 0 N–H and O–H groups in total. The molecule has 0 atom stereocenters. The minimum atomic E-state index is 1.25. The Morgan fingerprint density at radius 3 is 2.72 bits per heavy atom. The van der Waals surface area contributed by atoms with Crippen molar-refractivity contribution in [3.63, 3.8) is 0 Å². The molecule has 0 nitrogen and oxygen atoms in total. The third-order valence-corrected chi connectivity index (χ3v) is 8.17. The molecule has 0 aromatic carbocycles. The predicted molar refractivity (Wildman–Crippen MR) is 89.1 cm³/mol. The van der Waals surface area contributed by atoms with Gasteiger partial charge in [-0.1, -0.05) is 13.3 Å². The second kappa shape index (κ2) is 4.30. The Bertz CT molecular complexity index is 824. The van der Waals surface area contributed by atoms with Crippen molar-refractivity contribution in [2.24, 2.45) is 0 Å². The van der Waals surface area contributed by atoms with E-state index in [1.54, 1.807) is 4.88 Å². The Balaban J connectivity index is 1.93. The van der Waals surface area contributed by atoms with E-state index in [4.69, 9.17) is 0 Å². The molecule has 92 valence electrons. The molecule has 0 aliphatic rings. The van der Waals surface area contributed by atoms with Gasteiger partial charge in [0.1, 0.15) is 0 Å². The van der Waals surface area contributed by atoms with E-state index >= 15 is 0 Å². The number of hydrogen-bond acceptors (Lipinski definition) is 4. The lowest BCUT2D eigenvalue weighted by Gasteiger charge is -1.91. The van der Waals surface area contributed by atoms with Crippen molar-refractivity contribution in [3.8, 4) is 0 Å². The van der Waals surface area contributed by atoms with Crippen LogP contribution in [0.4, 0.5) is 0 Å². The molecule has 0 aliphatic carbocycles. The third-order valence-electron chi connectivity index (χ3n) is 3.24. The Hall–Kier alpha value is -0.420. The van der Waals surface area contributed by atoms with Crippen molar-refractivity contribution < 1.29 is 0 Å². The number of thiophene rings is 4. The van der Waals surface area contributed by atoms with Crippen molar-refractivity contribution in [3.05, 3.63) is 22.4 Å². The molecule has 4 rings (SSSR count). The average Bonchev–Trinajstić information content (AvgIpc) is 3.04. The highest BCUT2D eigenvalue weighted by atomic mass is 32.2. The summed E-state index contributed by atoms with van der Waals surface area (Å²) in [5.74, 6) is 0. The van der Waals surface area contributed by atoms with Gasteiger partial charge < -0.3 is 0 Å². The lowest BCUT2D eigenvalue weighted by Crippen LogP contribution is -1.76. The summed E-state index contributed by atoms with van der Waals surface area (Å²) in [6, 6.07) is 4.71. The Morgan fingerprint density at radius 1 is 1.00 bits per heavy atom. The number of fused-ring (bicyclic) bond motifs is 5. The Morgan fingerprint density at radius 2 is 1.83 bits per heavy atom. The first-order valence-electron chi connectivity index (χ1n) is 6.17. The van der Waals surface area contributed by atoms with Crippen LogP contribution in [0.1, 0.15) is 24.6 Å². The van der Waals surface area contributed by atoms with Gasteiger partial charge in [-0.25, -0.2) is 0 Å². The fourth-order valence-electron chi connectivity index (χ4n) is 2.31.